The predicted octanol–water partition coefficient (Wildman–Crippen LogP) is 3.28. The summed E-state index contributed by atoms with van der Waals surface area (Å²) in [6.07, 6.45) is -0.0940. The molecule has 2 aromatic carbocycles. The lowest BCUT2D eigenvalue weighted by Gasteiger charge is -2.17. The Kier molecular flexibility index (Phi) is 7.06. The lowest BCUT2D eigenvalue weighted by Crippen LogP contribution is -2.38. The second-order valence-corrected chi connectivity index (χ2v) is 7.42. The zero-order valence-electron chi connectivity index (χ0n) is 16.9. The van der Waals surface area contributed by atoms with E-state index in [4.69, 9.17) is 9.84 Å². The van der Waals surface area contributed by atoms with Gasteiger partial charge < -0.3 is 20.5 Å². The van der Waals surface area contributed by atoms with Crippen LogP contribution in [0.4, 0.5) is 4.79 Å². The number of aliphatic carboxylic acids is 1. The van der Waals surface area contributed by atoms with Crippen LogP contribution in [0.3, 0.4) is 0 Å². The molecule has 0 radical (unpaired) electrons. The lowest BCUT2D eigenvalue weighted by molar-refractivity contribution is -0.137. The third-order valence-electron chi connectivity index (χ3n) is 5.09. The molecule has 30 heavy (non-hydrogen) atoms. The van der Waals surface area contributed by atoms with Crippen molar-refractivity contribution in [1.29, 1.82) is 0 Å². The van der Waals surface area contributed by atoms with E-state index in [1.165, 1.54) is 0 Å². The van der Waals surface area contributed by atoms with Crippen LogP contribution in [0.5, 0.6) is 0 Å². The number of hydrogen-bond donors (Lipinski definition) is 3. The van der Waals surface area contributed by atoms with E-state index >= 15 is 0 Å². The van der Waals surface area contributed by atoms with E-state index in [9.17, 15) is 14.4 Å². The second-order valence-electron chi connectivity index (χ2n) is 7.42. The van der Waals surface area contributed by atoms with Gasteiger partial charge in [-0.2, -0.15) is 0 Å². The molecular weight excluding hydrogens is 384 g/mol. The standard InChI is InChI=1S/C23H26N2O5/c1-15(13-21(26)24-12-6-11-22(27)28)25-23(29)30-14-20-18-9-4-2-7-16(18)17-8-3-5-10-19(17)20/h2-5,7-10,15,20H,6,11-14H2,1H3,(H,24,26)(H,25,29)(H,27,28)/t15-/m1/s1. The van der Waals surface area contributed by atoms with Crippen LogP contribution in [0, 0.1) is 0 Å². The first-order valence-electron chi connectivity index (χ1n) is 10.1. The highest BCUT2D eigenvalue weighted by molar-refractivity contribution is 5.79. The molecule has 158 valence electrons. The van der Waals surface area contributed by atoms with E-state index in [2.05, 4.69) is 34.9 Å². The zero-order valence-corrected chi connectivity index (χ0v) is 16.9. The Bertz CT molecular complexity index is 882. The molecule has 1 aliphatic rings. The van der Waals surface area contributed by atoms with Crippen LogP contribution in [0.1, 0.15) is 43.2 Å². The topological polar surface area (TPSA) is 105 Å². The molecule has 2 amide bonds. The minimum atomic E-state index is -0.894. The predicted molar refractivity (Wildman–Crippen MR) is 112 cm³/mol. The van der Waals surface area contributed by atoms with E-state index in [0.717, 1.165) is 22.3 Å². The number of carboxylic acids is 1. The number of nitrogens with one attached hydrogen (secondary N) is 2. The molecule has 0 aromatic heterocycles. The second kappa shape index (κ2) is 9.91. The van der Waals surface area contributed by atoms with Gasteiger partial charge in [-0.1, -0.05) is 48.5 Å². The minimum Gasteiger partial charge on any atom is -0.481 e. The maximum atomic E-state index is 12.2. The summed E-state index contributed by atoms with van der Waals surface area (Å²) in [6, 6.07) is 15.8. The largest absolute Gasteiger partial charge is 0.481 e. The average molecular weight is 410 g/mol. The van der Waals surface area contributed by atoms with Crippen molar-refractivity contribution in [2.45, 2.75) is 38.1 Å². The summed E-state index contributed by atoms with van der Waals surface area (Å²) in [4.78, 5) is 34.6. The fourth-order valence-electron chi connectivity index (χ4n) is 3.71. The van der Waals surface area contributed by atoms with Crippen molar-refractivity contribution in [3.8, 4) is 11.1 Å². The van der Waals surface area contributed by atoms with Crippen molar-refractivity contribution < 1.29 is 24.2 Å². The van der Waals surface area contributed by atoms with E-state index in [1.807, 2.05) is 24.3 Å². The number of hydrogen-bond acceptors (Lipinski definition) is 4. The molecule has 0 unspecified atom stereocenters. The molecule has 0 saturated heterocycles. The Labute approximate surface area is 175 Å². The summed E-state index contributed by atoms with van der Waals surface area (Å²) >= 11 is 0. The quantitative estimate of drug-likeness (QED) is 0.550. The van der Waals surface area contributed by atoms with Crippen LogP contribution in [0.25, 0.3) is 11.1 Å². The maximum Gasteiger partial charge on any atom is 0.407 e. The van der Waals surface area contributed by atoms with Crippen molar-refractivity contribution in [1.82, 2.24) is 10.6 Å². The number of ether oxygens (including phenoxy) is 1. The summed E-state index contributed by atoms with van der Waals surface area (Å²) in [7, 11) is 0. The van der Waals surface area contributed by atoms with Crippen LogP contribution in [-0.4, -0.2) is 42.3 Å². The van der Waals surface area contributed by atoms with Crippen molar-refractivity contribution in [2.24, 2.45) is 0 Å². The number of carbonyl (C=O) groups is 3. The molecule has 3 rings (SSSR count). The number of carboxylic acid groups (broad SMARTS) is 1. The molecule has 1 atom stereocenters. The molecule has 0 bridgehead atoms. The number of fused-ring (bicyclic) bond motifs is 3. The number of carbonyl (C=O) groups excluding carboxylic acids is 2. The zero-order chi connectivity index (χ0) is 21.5. The van der Waals surface area contributed by atoms with Crippen LogP contribution in [-0.2, 0) is 14.3 Å². The molecular formula is C23H26N2O5. The highest BCUT2D eigenvalue weighted by atomic mass is 16.5. The highest BCUT2D eigenvalue weighted by Crippen LogP contribution is 2.44. The normalized spacial score (nSPS) is 13.1. The van der Waals surface area contributed by atoms with Gasteiger partial charge in [-0.15, -0.1) is 0 Å². The van der Waals surface area contributed by atoms with Gasteiger partial charge >= 0.3 is 12.1 Å². The average Bonchev–Trinajstić information content (AvgIpc) is 3.03. The van der Waals surface area contributed by atoms with Gasteiger partial charge in [0.25, 0.3) is 0 Å². The van der Waals surface area contributed by atoms with Gasteiger partial charge in [-0.05, 0) is 35.6 Å². The first-order valence-corrected chi connectivity index (χ1v) is 10.1. The van der Waals surface area contributed by atoms with E-state index in [-0.39, 0.29) is 31.3 Å². The van der Waals surface area contributed by atoms with Crippen LogP contribution < -0.4 is 10.6 Å². The van der Waals surface area contributed by atoms with Gasteiger partial charge in [0.15, 0.2) is 0 Å². The Morgan fingerprint density at radius 3 is 2.23 bits per heavy atom. The fourth-order valence-corrected chi connectivity index (χ4v) is 3.71. The number of alkyl carbamates (subject to hydrolysis) is 1. The Balaban J connectivity index is 1.47. The Hall–Kier alpha value is -3.35. The summed E-state index contributed by atoms with van der Waals surface area (Å²) in [5, 5.41) is 13.9. The van der Waals surface area contributed by atoms with E-state index in [1.54, 1.807) is 6.92 Å². The molecule has 0 spiro atoms. The first kappa shape index (κ1) is 21.4. The van der Waals surface area contributed by atoms with Crippen molar-refractivity contribution >= 4 is 18.0 Å². The van der Waals surface area contributed by atoms with Crippen molar-refractivity contribution in [3.05, 3.63) is 59.7 Å². The summed E-state index contributed by atoms with van der Waals surface area (Å²) < 4.78 is 5.47. The molecule has 7 nitrogen and oxygen atoms in total. The van der Waals surface area contributed by atoms with E-state index in [0.29, 0.717) is 13.0 Å². The molecule has 0 heterocycles. The molecule has 0 aliphatic heterocycles. The van der Waals surface area contributed by atoms with Gasteiger partial charge in [0.2, 0.25) is 5.91 Å². The highest BCUT2D eigenvalue weighted by Gasteiger charge is 2.29. The monoisotopic (exact) mass is 410 g/mol. The Morgan fingerprint density at radius 1 is 1.03 bits per heavy atom. The first-order chi connectivity index (χ1) is 14.5. The lowest BCUT2D eigenvalue weighted by atomic mass is 9.98. The van der Waals surface area contributed by atoms with E-state index < -0.39 is 18.1 Å². The minimum absolute atomic E-state index is 0.00777. The summed E-state index contributed by atoms with van der Waals surface area (Å²) in [5.74, 6) is -1.16. The molecule has 2 aromatic rings. The van der Waals surface area contributed by atoms with Gasteiger partial charge in [0.1, 0.15) is 6.61 Å². The maximum absolute atomic E-state index is 12.2. The molecule has 0 fully saturated rings. The summed E-state index contributed by atoms with van der Waals surface area (Å²) in [5.41, 5.74) is 4.60. The van der Waals surface area contributed by atoms with Crippen LogP contribution >= 0.6 is 0 Å². The van der Waals surface area contributed by atoms with Crippen LogP contribution in [0.15, 0.2) is 48.5 Å². The SMILES string of the molecule is C[C@H](CC(=O)NCCCC(=O)O)NC(=O)OCC1c2ccccc2-c2ccccc21. The van der Waals surface area contributed by atoms with Gasteiger partial charge in [-0.3, -0.25) is 9.59 Å². The third-order valence-corrected chi connectivity index (χ3v) is 5.09. The number of rotatable bonds is 9. The fraction of sp³-hybridized carbons (Fsp3) is 0.348. The summed E-state index contributed by atoms with van der Waals surface area (Å²) in [6.45, 7) is 2.23. The number of amides is 2. The van der Waals surface area contributed by atoms with Gasteiger partial charge in [0, 0.05) is 31.3 Å². The van der Waals surface area contributed by atoms with Crippen LogP contribution in [0.2, 0.25) is 0 Å². The van der Waals surface area contributed by atoms with Crippen molar-refractivity contribution in [2.75, 3.05) is 13.2 Å². The molecule has 3 N–H and O–H groups in total. The molecule has 1 aliphatic carbocycles. The van der Waals surface area contributed by atoms with Gasteiger partial charge in [0.05, 0.1) is 0 Å². The Morgan fingerprint density at radius 2 is 1.63 bits per heavy atom. The molecule has 7 heteroatoms. The smallest absolute Gasteiger partial charge is 0.407 e. The van der Waals surface area contributed by atoms with Gasteiger partial charge in [-0.25, -0.2) is 4.79 Å². The number of benzene rings is 2. The van der Waals surface area contributed by atoms with Crippen molar-refractivity contribution in [3.63, 3.8) is 0 Å². The molecule has 0 saturated carbocycles. The third kappa shape index (κ3) is 5.37.